The monoisotopic (exact) mass is 312 g/mol. The highest BCUT2D eigenvalue weighted by molar-refractivity contribution is 5.20. The Labute approximate surface area is 144 Å². The second-order valence-corrected chi connectivity index (χ2v) is 8.63. The van der Waals surface area contributed by atoms with Crippen LogP contribution in [0.1, 0.15) is 71.6 Å². The summed E-state index contributed by atoms with van der Waals surface area (Å²) in [5.74, 6) is 4.36. The van der Waals surface area contributed by atoms with Crippen molar-refractivity contribution in [3.63, 3.8) is 0 Å². The fourth-order valence-electron chi connectivity index (χ4n) is 6.24. The summed E-state index contributed by atoms with van der Waals surface area (Å²) in [4.78, 5) is 0. The van der Waals surface area contributed by atoms with E-state index in [1.54, 1.807) is 0 Å². The van der Waals surface area contributed by atoms with Crippen molar-refractivity contribution in [1.82, 2.24) is 0 Å². The van der Waals surface area contributed by atoms with Crippen LogP contribution in [0.25, 0.3) is 0 Å². The highest BCUT2D eigenvalue weighted by Gasteiger charge is 2.51. The lowest BCUT2D eigenvalue weighted by molar-refractivity contribution is 0.0635. The lowest BCUT2D eigenvalue weighted by atomic mass is 9.60. The largest absolute Gasteiger partial charge is 0.103 e. The van der Waals surface area contributed by atoms with Crippen molar-refractivity contribution in [3.05, 3.63) is 37.0 Å². The molecule has 0 aromatic carbocycles. The SMILES string of the molecule is C=CCCC(C)(C1CCCC1)C1CC(CCC)C2C=CC=CC21. The van der Waals surface area contributed by atoms with E-state index in [2.05, 4.69) is 50.8 Å². The van der Waals surface area contributed by atoms with Crippen molar-refractivity contribution in [2.24, 2.45) is 35.0 Å². The topological polar surface area (TPSA) is 0 Å². The van der Waals surface area contributed by atoms with Crippen molar-refractivity contribution < 1.29 is 0 Å². The van der Waals surface area contributed by atoms with Gasteiger partial charge in [0.15, 0.2) is 0 Å². The smallest absolute Gasteiger partial charge is 0.0131 e. The number of allylic oxidation sites excluding steroid dienone is 5. The molecule has 0 nitrogen and oxygen atoms in total. The molecule has 3 aliphatic carbocycles. The molecule has 0 bridgehead atoms. The van der Waals surface area contributed by atoms with Crippen LogP contribution >= 0.6 is 0 Å². The van der Waals surface area contributed by atoms with Gasteiger partial charge in [-0.2, -0.15) is 0 Å². The Morgan fingerprint density at radius 3 is 2.48 bits per heavy atom. The molecule has 128 valence electrons. The molecule has 23 heavy (non-hydrogen) atoms. The maximum absolute atomic E-state index is 4.02. The third-order valence-electron chi connectivity index (χ3n) is 7.47. The zero-order valence-electron chi connectivity index (χ0n) is 15.3. The lowest BCUT2D eigenvalue weighted by Crippen LogP contribution is -2.37. The van der Waals surface area contributed by atoms with E-state index in [9.17, 15) is 0 Å². The fraction of sp³-hybridized carbons (Fsp3) is 0.739. The van der Waals surface area contributed by atoms with Crippen molar-refractivity contribution in [3.8, 4) is 0 Å². The Balaban J connectivity index is 1.86. The maximum Gasteiger partial charge on any atom is -0.0131 e. The van der Waals surface area contributed by atoms with Gasteiger partial charge in [-0.15, -0.1) is 6.58 Å². The van der Waals surface area contributed by atoms with E-state index in [1.807, 2.05) is 0 Å². The van der Waals surface area contributed by atoms with Gasteiger partial charge >= 0.3 is 0 Å². The maximum atomic E-state index is 4.02. The van der Waals surface area contributed by atoms with Crippen LogP contribution in [0.4, 0.5) is 0 Å². The van der Waals surface area contributed by atoms with E-state index < -0.39 is 0 Å². The second kappa shape index (κ2) is 7.41. The highest BCUT2D eigenvalue weighted by atomic mass is 14.6. The molecule has 0 spiro atoms. The predicted octanol–water partition coefficient (Wildman–Crippen LogP) is 6.94. The van der Waals surface area contributed by atoms with Crippen LogP contribution in [0.3, 0.4) is 0 Å². The van der Waals surface area contributed by atoms with Crippen LogP contribution in [0.15, 0.2) is 37.0 Å². The fourth-order valence-corrected chi connectivity index (χ4v) is 6.24. The van der Waals surface area contributed by atoms with Crippen molar-refractivity contribution in [2.75, 3.05) is 0 Å². The zero-order valence-corrected chi connectivity index (χ0v) is 15.3. The molecule has 3 aliphatic rings. The first-order valence-corrected chi connectivity index (χ1v) is 10.2. The number of hydrogen-bond donors (Lipinski definition) is 0. The normalized spacial score (nSPS) is 36.1. The minimum absolute atomic E-state index is 0.519. The Hall–Kier alpha value is -0.780. The molecule has 2 saturated carbocycles. The second-order valence-electron chi connectivity index (χ2n) is 8.63. The van der Waals surface area contributed by atoms with Crippen molar-refractivity contribution >= 4 is 0 Å². The molecule has 0 heteroatoms. The molecule has 0 radical (unpaired) electrons. The van der Waals surface area contributed by atoms with Crippen molar-refractivity contribution in [2.45, 2.75) is 71.6 Å². The average molecular weight is 313 g/mol. The molecule has 0 aromatic rings. The summed E-state index contributed by atoms with van der Waals surface area (Å²) in [6, 6.07) is 0. The number of fused-ring (bicyclic) bond motifs is 1. The van der Waals surface area contributed by atoms with Crippen LogP contribution in [0, 0.1) is 35.0 Å². The molecule has 0 saturated heterocycles. The summed E-state index contributed by atoms with van der Waals surface area (Å²) in [5, 5.41) is 0. The first kappa shape index (κ1) is 17.1. The van der Waals surface area contributed by atoms with Gasteiger partial charge in [0.2, 0.25) is 0 Å². The molecular weight excluding hydrogens is 276 g/mol. The Bertz CT molecular complexity index is 451. The minimum atomic E-state index is 0.519. The summed E-state index contributed by atoms with van der Waals surface area (Å²) >= 11 is 0. The molecule has 2 fully saturated rings. The lowest BCUT2D eigenvalue weighted by Gasteiger charge is -2.44. The van der Waals surface area contributed by atoms with Gasteiger partial charge in [0.05, 0.1) is 0 Å². The van der Waals surface area contributed by atoms with Gasteiger partial charge < -0.3 is 0 Å². The predicted molar refractivity (Wildman–Crippen MR) is 101 cm³/mol. The standard InChI is InChI=1S/C23H36/c1-4-6-16-23(3,19-12-7-8-13-19)22-17-18(11-5-2)20-14-9-10-15-21(20)22/h4,9-10,14-15,18-22H,1,5-8,11-13,16-17H2,2-3H3. The van der Waals surface area contributed by atoms with Gasteiger partial charge in [0, 0.05) is 0 Å². The third kappa shape index (κ3) is 3.24. The van der Waals surface area contributed by atoms with Crippen LogP contribution in [0.5, 0.6) is 0 Å². The van der Waals surface area contributed by atoms with Crippen LogP contribution < -0.4 is 0 Å². The third-order valence-corrected chi connectivity index (χ3v) is 7.47. The first-order valence-electron chi connectivity index (χ1n) is 10.2. The summed E-state index contributed by atoms with van der Waals surface area (Å²) in [5.41, 5.74) is 0.519. The van der Waals surface area contributed by atoms with Gasteiger partial charge in [-0.1, -0.05) is 69.9 Å². The Kier molecular flexibility index (Phi) is 5.49. The van der Waals surface area contributed by atoms with Gasteiger partial charge in [-0.25, -0.2) is 0 Å². The van der Waals surface area contributed by atoms with E-state index >= 15 is 0 Å². The van der Waals surface area contributed by atoms with Crippen LogP contribution in [-0.4, -0.2) is 0 Å². The van der Waals surface area contributed by atoms with Gasteiger partial charge in [-0.05, 0) is 67.1 Å². The molecule has 0 aromatic heterocycles. The summed E-state index contributed by atoms with van der Waals surface area (Å²) < 4.78 is 0. The molecule has 3 rings (SSSR count). The van der Waals surface area contributed by atoms with Crippen LogP contribution in [-0.2, 0) is 0 Å². The molecule has 0 aliphatic heterocycles. The Morgan fingerprint density at radius 2 is 1.83 bits per heavy atom. The van der Waals surface area contributed by atoms with Gasteiger partial charge in [0.25, 0.3) is 0 Å². The zero-order chi connectivity index (χ0) is 16.3. The number of hydrogen-bond acceptors (Lipinski definition) is 0. The quantitative estimate of drug-likeness (QED) is 0.446. The van der Waals surface area contributed by atoms with Crippen LogP contribution in [0.2, 0.25) is 0 Å². The molecular formula is C23H36. The molecule has 0 heterocycles. The average Bonchev–Trinajstić information content (AvgIpc) is 3.22. The summed E-state index contributed by atoms with van der Waals surface area (Å²) in [6.45, 7) is 9.02. The first-order chi connectivity index (χ1) is 11.2. The van der Waals surface area contributed by atoms with E-state index in [0.717, 1.165) is 29.6 Å². The summed E-state index contributed by atoms with van der Waals surface area (Å²) in [6.07, 6.45) is 24.5. The molecule has 0 N–H and O–H groups in total. The molecule has 0 amide bonds. The van der Waals surface area contributed by atoms with Gasteiger partial charge in [-0.3, -0.25) is 0 Å². The van der Waals surface area contributed by atoms with E-state index in [1.165, 1.54) is 57.8 Å². The number of rotatable bonds is 7. The molecule has 5 unspecified atom stereocenters. The highest BCUT2D eigenvalue weighted by Crippen LogP contribution is 2.59. The molecule has 5 atom stereocenters. The minimum Gasteiger partial charge on any atom is -0.103 e. The van der Waals surface area contributed by atoms with Gasteiger partial charge in [0.1, 0.15) is 0 Å². The summed E-state index contributed by atoms with van der Waals surface area (Å²) in [7, 11) is 0. The Morgan fingerprint density at radius 1 is 1.13 bits per heavy atom. The van der Waals surface area contributed by atoms with Crippen molar-refractivity contribution in [1.29, 1.82) is 0 Å². The van der Waals surface area contributed by atoms with E-state index in [0.29, 0.717) is 5.41 Å². The van der Waals surface area contributed by atoms with E-state index in [-0.39, 0.29) is 0 Å². The van der Waals surface area contributed by atoms with E-state index in [4.69, 9.17) is 0 Å².